The molecule has 7 heteroatoms. The summed E-state index contributed by atoms with van der Waals surface area (Å²) < 4.78 is 33.0. The summed E-state index contributed by atoms with van der Waals surface area (Å²) in [4.78, 5) is 25.2. The van der Waals surface area contributed by atoms with Crippen molar-refractivity contribution in [3.8, 4) is 5.75 Å². The average molecular weight is 423 g/mol. The van der Waals surface area contributed by atoms with Gasteiger partial charge in [-0.25, -0.2) is 8.42 Å². The van der Waals surface area contributed by atoms with Gasteiger partial charge >= 0.3 is 0 Å². The molecular formula is C23H21NO5S. The molecule has 154 valence electrons. The first-order chi connectivity index (χ1) is 14.2. The van der Waals surface area contributed by atoms with E-state index in [1.807, 2.05) is 6.92 Å². The van der Waals surface area contributed by atoms with Crippen molar-refractivity contribution in [3.63, 3.8) is 0 Å². The number of fused-ring (bicyclic) bond motifs is 2. The molecule has 6 nitrogen and oxygen atoms in total. The molecule has 4 rings (SSSR count). The lowest BCUT2D eigenvalue weighted by Gasteiger charge is -2.37. The minimum Gasteiger partial charge on any atom is -0.485 e. The molecule has 0 saturated carbocycles. The van der Waals surface area contributed by atoms with Crippen LogP contribution in [0.2, 0.25) is 0 Å². The first kappa shape index (κ1) is 20.1. The van der Waals surface area contributed by atoms with Crippen molar-refractivity contribution >= 4 is 21.4 Å². The second-order valence-electron chi connectivity index (χ2n) is 7.51. The molecule has 0 unspecified atom stereocenters. The van der Waals surface area contributed by atoms with Crippen LogP contribution in [0, 0.1) is 6.92 Å². The van der Waals surface area contributed by atoms with Crippen molar-refractivity contribution in [2.45, 2.75) is 37.3 Å². The van der Waals surface area contributed by atoms with Crippen molar-refractivity contribution < 1.29 is 22.7 Å². The van der Waals surface area contributed by atoms with Gasteiger partial charge in [-0.05, 0) is 38.1 Å². The van der Waals surface area contributed by atoms with E-state index in [0.717, 1.165) is 5.56 Å². The maximum absolute atomic E-state index is 13.5. The van der Waals surface area contributed by atoms with Crippen LogP contribution in [0.3, 0.4) is 0 Å². The van der Waals surface area contributed by atoms with Crippen molar-refractivity contribution in [2.75, 3.05) is 0 Å². The summed E-state index contributed by atoms with van der Waals surface area (Å²) in [5.41, 5.74) is 1.52. The minimum absolute atomic E-state index is 0.0573. The zero-order chi connectivity index (χ0) is 21.6. The van der Waals surface area contributed by atoms with Crippen molar-refractivity contribution in [1.82, 2.24) is 5.32 Å². The molecule has 30 heavy (non-hydrogen) atoms. The van der Waals surface area contributed by atoms with Gasteiger partial charge < -0.3 is 10.1 Å². The lowest BCUT2D eigenvalue weighted by molar-refractivity contribution is -0.113. The molecule has 0 radical (unpaired) electrons. The smallest absolute Gasteiger partial charge is 0.222 e. The number of carbonyl (C=O) groups excluding carboxylic acids is 2. The summed E-state index contributed by atoms with van der Waals surface area (Å²) >= 11 is 0. The Morgan fingerprint density at radius 3 is 2.47 bits per heavy atom. The number of nitrogens with one attached hydrogen (secondary N) is 1. The largest absolute Gasteiger partial charge is 0.485 e. The van der Waals surface area contributed by atoms with Gasteiger partial charge in [0.2, 0.25) is 9.84 Å². The summed E-state index contributed by atoms with van der Waals surface area (Å²) in [7, 11) is -4.06. The Labute approximate surface area is 175 Å². The molecule has 2 atom stereocenters. The Morgan fingerprint density at radius 1 is 1.13 bits per heavy atom. The molecule has 0 spiro atoms. The van der Waals surface area contributed by atoms with E-state index >= 15 is 0 Å². The molecule has 2 aliphatic rings. The zero-order valence-electron chi connectivity index (χ0n) is 16.6. The molecule has 2 aromatic carbocycles. The Morgan fingerprint density at radius 2 is 1.80 bits per heavy atom. The zero-order valence-corrected chi connectivity index (χ0v) is 17.5. The number of Topliss-reactive ketones (excluding diaryl/α,β-unsaturated/α-hetero) is 2. The van der Waals surface area contributed by atoms with E-state index in [-0.39, 0.29) is 33.3 Å². The quantitative estimate of drug-likeness (QED) is 0.760. The van der Waals surface area contributed by atoms with Crippen LogP contribution in [0.4, 0.5) is 0 Å². The third-order valence-corrected chi connectivity index (χ3v) is 7.21. The van der Waals surface area contributed by atoms with Crippen LogP contribution in [-0.4, -0.2) is 32.1 Å². The lowest BCUT2D eigenvalue weighted by Crippen LogP contribution is -2.48. The first-order valence-electron chi connectivity index (χ1n) is 9.52. The maximum atomic E-state index is 13.5. The number of rotatable bonds is 4. The molecule has 0 bridgehead atoms. The number of hydrogen-bond donors (Lipinski definition) is 1. The van der Waals surface area contributed by atoms with E-state index in [1.165, 1.54) is 19.1 Å². The van der Waals surface area contributed by atoms with E-state index in [1.54, 1.807) is 36.4 Å². The van der Waals surface area contributed by atoms with Gasteiger partial charge in [0.15, 0.2) is 11.6 Å². The monoisotopic (exact) mass is 423 g/mol. The number of carbonyl (C=O) groups is 2. The highest BCUT2D eigenvalue weighted by Crippen LogP contribution is 2.38. The van der Waals surface area contributed by atoms with E-state index in [0.29, 0.717) is 11.3 Å². The first-order valence-corrected chi connectivity index (χ1v) is 11.0. The molecule has 2 heterocycles. The average Bonchev–Trinajstić information content (AvgIpc) is 2.72. The van der Waals surface area contributed by atoms with Crippen molar-refractivity contribution in [1.29, 1.82) is 0 Å². The second kappa shape index (κ2) is 7.25. The number of para-hydroxylation sites is 1. The summed E-state index contributed by atoms with van der Waals surface area (Å²) in [6, 6.07) is 12.5. The fourth-order valence-corrected chi connectivity index (χ4v) is 5.26. The maximum Gasteiger partial charge on any atom is 0.222 e. The van der Waals surface area contributed by atoms with Crippen LogP contribution in [-0.2, 0) is 14.6 Å². The lowest BCUT2D eigenvalue weighted by atomic mass is 9.87. The number of benzene rings is 2. The van der Waals surface area contributed by atoms with Crippen molar-refractivity contribution in [2.24, 2.45) is 0 Å². The molecule has 2 aromatic rings. The van der Waals surface area contributed by atoms with Gasteiger partial charge in [0.1, 0.15) is 16.9 Å². The number of ether oxygens (including phenoxy) is 1. The summed E-state index contributed by atoms with van der Waals surface area (Å²) in [5, 5.41) is 2.69. The normalized spacial score (nSPS) is 20.5. The predicted molar refractivity (Wildman–Crippen MR) is 112 cm³/mol. The summed E-state index contributed by atoms with van der Waals surface area (Å²) in [6.07, 6.45) is -0.578. The van der Waals surface area contributed by atoms with E-state index in [2.05, 4.69) is 11.9 Å². The van der Waals surface area contributed by atoms with Crippen LogP contribution in [0.25, 0.3) is 0 Å². The van der Waals surface area contributed by atoms with Crippen LogP contribution in [0.5, 0.6) is 5.75 Å². The molecule has 0 aliphatic carbocycles. The van der Waals surface area contributed by atoms with Crippen LogP contribution in [0.15, 0.2) is 76.2 Å². The Balaban J connectivity index is 1.91. The number of aryl methyl sites for hydroxylation is 1. The van der Waals surface area contributed by atoms with Crippen molar-refractivity contribution in [3.05, 3.63) is 82.4 Å². The van der Waals surface area contributed by atoms with Crippen LogP contribution < -0.4 is 10.1 Å². The third-order valence-electron chi connectivity index (χ3n) is 5.44. The highest BCUT2D eigenvalue weighted by atomic mass is 32.2. The van der Waals surface area contributed by atoms with E-state index in [4.69, 9.17) is 4.74 Å². The Hall–Kier alpha value is -3.19. The van der Waals surface area contributed by atoms with Gasteiger partial charge in [-0.1, -0.05) is 36.4 Å². The van der Waals surface area contributed by atoms with Crippen LogP contribution in [0.1, 0.15) is 29.3 Å². The Bertz CT molecular complexity index is 1210. The van der Waals surface area contributed by atoms with E-state index in [9.17, 15) is 18.0 Å². The predicted octanol–water partition coefficient (Wildman–Crippen LogP) is 3.13. The van der Waals surface area contributed by atoms with Crippen LogP contribution >= 0.6 is 0 Å². The number of sulfone groups is 1. The van der Waals surface area contributed by atoms with Gasteiger partial charge in [-0.3, -0.25) is 9.59 Å². The summed E-state index contributed by atoms with van der Waals surface area (Å²) in [5.74, 6) is -0.255. The molecule has 2 aliphatic heterocycles. The topological polar surface area (TPSA) is 89.5 Å². The minimum atomic E-state index is -4.06. The fraction of sp³-hybridized carbons (Fsp3) is 0.217. The molecule has 0 amide bonds. The van der Waals surface area contributed by atoms with Gasteiger partial charge in [-0.15, -0.1) is 0 Å². The molecular weight excluding hydrogens is 402 g/mol. The van der Waals surface area contributed by atoms with Gasteiger partial charge in [0.25, 0.3) is 0 Å². The summed E-state index contributed by atoms with van der Waals surface area (Å²) in [6.45, 7) is 7.04. The van der Waals surface area contributed by atoms with Gasteiger partial charge in [0.05, 0.1) is 22.1 Å². The number of ketones is 2. The highest BCUT2D eigenvalue weighted by molar-refractivity contribution is 7.95. The molecule has 0 aromatic heterocycles. The highest BCUT2D eigenvalue weighted by Gasteiger charge is 2.44. The SMILES string of the molecule is C=C(C(C)=O)[C@@H]1C[C@H]2Oc3ccccc3C(=O)C2=C(S(=O)(=O)c2ccc(C)cc2)N1. The Kier molecular flexibility index (Phi) is 4.86. The molecule has 0 fully saturated rings. The van der Waals surface area contributed by atoms with Gasteiger partial charge in [-0.2, -0.15) is 0 Å². The second-order valence-corrected chi connectivity index (χ2v) is 9.39. The van der Waals surface area contributed by atoms with Gasteiger partial charge in [0, 0.05) is 12.0 Å². The molecule has 1 N–H and O–H groups in total. The fourth-order valence-electron chi connectivity index (χ4n) is 3.72. The van der Waals surface area contributed by atoms with E-state index < -0.39 is 27.8 Å². The number of hydrogen-bond acceptors (Lipinski definition) is 6. The molecule has 0 saturated heterocycles. The third kappa shape index (κ3) is 3.25. The standard InChI is InChI=1S/C23H21NO5S/c1-13-8-10-16(11-9-13)30(27,28)23-21-20(12-18(24-23)14(2)15(3)25)29-19-7-5-4-6-17(19)22(21)26/h4-11,18,20,24H,2,12H2,1,3H3/t18-,20+/m0/s1.